The SMILES string of the molecule is CSc1ccc(/C=N\NC(=O)C(NC(=O)c2ccccc2Cl)C(C)C)cc1. The van der Waals surface area contributed by atoms with Crippen LogP contribution in [0.1, 0.15) is 29.8 Å². The molecule has 2 aromatic carbocycles. The molecule has 0 saturated carbocycles. The highest BCUT2D eigenvalue weighted by Crippen LogP contribution is 2.16. The second-order valence-electron chi connectivity index (χ2n) is 6.18. The first-order chi connectivity index (χ1) is 12.9. The minimum Gasteiger partial charge on any atom is -0.340 e. The molecule has 0 aromatic heterocycles. The van der Waals surface area contributed by atoms with Crippen molar-refractivity contribution in [2.24, 2.45) is 11.0 Å². The maximum absolute atomic E-state index is 12.5. The molecule has 0 bridgehead atoms. The molecule has 0 saturated heterocycles. The molecule has 2 amide bonds. The number of benzene rings is 2. The fourth-order valence-electron chi connectivity index (χ4n) is 2.33. The highest BCUT2D eigenvalue weighted by molar-refractivity contribution is 7.98. The summed E-state index contributed by atoms with van der Waals surface area (Å²) in [5.74, 6) is -0.902. The van der Waals surface area contributed by atoms with E-state index in [1.165, 1.54) is 0 Å². The van der Waals surface area contributed by atoms with E-state index in [-0.39, 0.29) is 11.8 Å². The second-order valence-corrected chi connectivity index (χ2v) is 7.47. The van der Waals surface area contributed by atoms with Gasteiger partial charge in [0.2, 0.25) is 0 Å². The average Bonchev–Trinajstić information content (AvgIpc) is 2.66. The van der Waals surface area contributed by atoms with Crippen molar-refractivity contribution < 1.29 is 9.59 Å². The molecular formula is C20H22ClN3O2S. The number of hydrogen-bond acceptors (Lipinski definition) is 4. The predicted molar refractivity (Wildman–Crippen MR) is 112 cm³/mol. The highest BCUT2D eigenvalue weighted by Gasteiger charge is 2.25. The Kier molecular flexibility index (Phi) is 7.88. The summed E-state index contributed by atoms with van der Waals surface area (Å²) in [5, 5.41) is 7.05. The van der Waals surface area contributed by atoms with E-state index in [2.05, 4.69) is 15.8 Å². The van der Waals surface area contributed by atoms with Crippen molar-refractivity contribution in [1.29, 1.82) is 0 Å². The Balaban J connectivity index is 2.00. The molecule has 1 atom stereocenters. The zero-order valence-electron chi connectivity index (χ0n) is 15.4. The number of hydrogen-bond donors (Lipinski definition) is 2. The molecule has 27 heavy (non-hydrogen) atoms. The van der Waals surface area contributed by atoms with E-state index in [1.807, 2.05) is 44.4 Å². The van der Waals surface area contributed by atoms with Crippen LogP contribution in [0.2, 0.25) is 5.02 Å². The van der Waals surface area contributed by atoms with Crippen LogP contribution in [-0.2, 0) is 4.79 Å². The molecule has 0 aliphatic rings. The van der Waals surface area contributed by atoms with E-state index in [4.69, 9.17) is 11.6 Å². The Hall–Kier alpha value is -2.31. The summed E-state index contributed by atoms with van der Waals surface area (Å²) >= 11 is 7.70. The summed E-state index contributed by atoms with van der Waals surface area (Å²) in [4.78, 5) is 26.0. The van der Waals surface area contributed by atoms with Crippen LogP contribution in [0.5, 0.6) is 0 Å². The smallest absolute Gasteiger partial charge is 0.262 e. The molecule has 2 N–H and O–H groups in total. The average molecular weight is 404 g/mol. The first-order valence-corrected chi connectivity index (χ1v) is 10.0. The number of amides is 2. The van der Waals surface area contributed by atoms with Crippen LogP contribution >= 0.6 is 23.4 Å². The van der Waals surface area contributed by atoms with Crippen LogP contribution in [0.15, 0.2) is 58.5 Å². The van der Waals surface area contributed by atoms with E-state index < -0.39 is 11.9 Å². The predicted octanol–water partition coefficient (Wildman–Crippen LogP) is 3.97. The summed E-state index contributed by atoms with van der Waals surface area (Å²) in [6.45, 7) is 3.70. The number of thioether (sulfide) groups is 1. The third kappa shape index (κ3) is 6.12. The lowest BCUT2D eigenvalue weighted by Gasteiger charge is -2.20. The fourth-order valence-corrected chi connectivity index (χ4v) is 2.96. The van der Waals surface area contributed by atoms with Gasteiger partial charge in [0.1, 0.15) is 6.04 Å². The third-order valence-corrected chi connectivity index (χ3v) is 4.93. The number of nitrogens with one attached hydrogen (secondary N) is 2. The van der Waals surface area contributed by atoms with Gasteiger partial charge in [-0.2, -0.15) is 5.10 Å². The number of carbonyl (C=O) groups excluding carboxylic acids is 2. The quantitative estimate of drug-likeness (QED) is 0.417. The molecule has 0 aliphatic heterocycles. The van der Waals surface area contributed by atoms with Gasteiger partial charge in [0.05, 0.1) is 16.8 Å². The summed E-state index contributed by atoms with van der Waals surface area (Å²) in [6, 6.07) is 13.8. The molecule has 0 radical (unpaired) electrons. The molecule has 2 aromatic rings. The summed E-state index contributed by atoms with van der Waals surface area (Å²) < 4.78 is 0. The molecule has 1 unspecified atom stereocenters. The van der Waals surface area contributed by atoms with Gasteiger partial charge in [-0.05, 0) is 42.0 Å². The van der Waals surface area contributed by atoms with Crippen molar-refractivity contribution in [1.82, 2.24) is 10.7 Å². The lowest BCUT2D eigenvalue weighted by atomic mass is 10.0. The number of carbonyl (C=O) groups is 2. The van der Waals surface area contributed by atoms with Crippen LogP contribution in [0.4, 0.5) is 0 Å². The van der Waals surface area contributed by atoms with Crippen molar-refractivity contribution >= 4 is 41.4 Å². The molecule has 0 fully saturated rings. The lowest BCUT2D eigenvalue weighted by molar-refractivity contribution is -0.123. The van der Waals surface area contributed by atoms with Crippen LogP contribution in [0.25, 0.3) is 0 Å². The van der Waals surface area contributed by atoms with Gasteiger partial charge in [-0.3, -0.25) is 9.59 Å². The van der Waals surface area contributed by atoms with Gasteiger partial charge in [-0.1, -0.05) is 49.7 Å². The minimum absolute atomic E-state index is 0.118. The summed E-state index contributed by atoms with van der Waals surface area (Å²) in [7, 11) is 0. The number of nitrogens with zero attached hydrogens (tertiary/aromatic N) is 1. The van der Waals surface area contributed by atoms with Gasteiger partial charge in [0.25, 0.3) is 11.8 Å². The molecule has 142 valence electrons. The van der Waals surface area contributed by atoms with E-state index in [9.17, 15) is 9.59 Å². The number of halogens is 1. The van der Waals surface area contributed by atoms with E-state index in [0.717, 1.165) is 10.5 Å². The van der Waals surface area contributed by atoms with Gasteiger partial charge < -0.3 is 5.32 Å². The third-order valence-electron chi connectivity index (χ3n) is 3.86. The summed E-state index contributed by atoms with van der Waals surface area (Å²) in [5.41, 5.74) is 3.69. The van der Waals surface area contributed by atoms with Crippen LogP contribution < -0.4 is 10.7 Å². The molecular weight excluding hydrogens is 382 g/mol. The van der Waals surface area contributed by atoms with Gasteiger partial charge in [-0.25, -0.2) is 5.43 Å². The maximum Gasteiger partial charge on any atom is 0.262 e. The molecule has 0 spiro atoms. The van der Waals surface area contributed by atoms with Gasteiger partial charge in [0.15, 0.2) is 0 Å². The van der Waals surface area contributed by atoms with Crippen LogP contribution in [0.3, 0.4) is 0 Å². The largest absolute Gasteiger partial charge is 0.340 e. The van der Waals surface area contributed by atoms with Crippen LogP contribution in [-0.4, -0.2) is 30.3 Å². The van der Waals surface area contributed by atoms with E-state index in [1.54, 1.807) is 42.2 Å². The standard InChI is InChI=1S/C20H22ClN3O2S/c1-13(2)18(23-19(25)16-6-4-5-7-17(16)21)20(26)24-22-12-14-8-10-15(27-3)11-9-14/h4-13,18H,1-3H3,(H,23,25)(H,24,26)/b22-12-. The molecule has 2 rings (SSSR count). The molecule has 0 heterocycles. The van der Waals surface area contributed by atoms with Crippen molar-refractivity contribution in [2.45, 2.75) is 24.8 Å². The Bertz CT molecular complexity index is 822. The Morgan fingerprint density at radius 1 is 1.11 bits per heavy atom. The Labute approximate surface area is 168 Å². The fraction of sp³-hybridized carbons (Fsp3) is 0.250. The topological polar surface area (TPSA) is 70.6 Å². The molecule has 7 heteroatoms. The van der Waals surface area contributed by atoms with Crippen molar-refractivity contribution in [3.05, 3.63) is 64.7 Å². The van der Waals surface area contributed by atoms with Crippen LogP contribution in [0, 0.1) is 5.92 Å². The van der Waals surface area contributed by atoms with Gasteiger partial charge >= 0.3 is 0 Å². The maximum atomic E-state index is 12.5. The molecule has 0 aliphatic carbocycles. The monoisotopic (exact) mass is 403 g/mol. The first kappa shape index (κ1) is 21.0. The zero-order valence-corrected chi connectivity index (χ0v) is 17.0. The number of hydrazone groups is 1. The number of rotatable bonds is 7. The van der Waals surface area contributed by atoms with Crippen molar-refractivity contribution in [3.8, 4) is 0 Å². The van der Waals surface area contributed by atoms with Gasteiger partial charge in [0, 0.05) is 4.90 Å². The molecule has 5 nitrogen and oxygen atoms in total. The van der Waals surface area contributed by atoms with Crippen molar-refractivity contribution in [3.63, 3.8) is 0 Å². The Morgan fingerprint density at radius 2 is 1.78 bits per heavy atom. The Morgan fingerprint density at radius 3 is 2.37 bits per heavy atom. The minimum atomic E-state index is -0.732. The summed E-state index contributed by atoms with van der Waals surface area (Å²) in [6.07, 6.45) is 3.57. The van der Waals surface area contributed by atoms with Gasteiger partial charge in [-0.15, -0.1) is 11.8 Å². The lowest BCUT2D eigenvalue weighted by Crippen LogP contribution is -2.48. The van der Waals surface area contributed by atoms with E-state index in [0.29, 0.717) is 10.6 Å². The van der Waals surface area contributed by atoms with Crippen molar-refractivity contribution in [2.75, 3.05) is 6.26 Å². The van der Waals surface area contributed by atoms with E-state index >= 15 is 0 Å². The first-order valence-electron chi connectivity index (χ1n) is 8.44. The normalized spacial score (nSPS) is 12.2. The highest BCUT2D eigenvalue weighted by atomic mass is 35.5. The second kappa shape index (κ2) is 10.1. The zero-order chi connectivity index (χ0) is 19.8.